The minimum atomic E-state index is -3.70. The van der Waals surface area contributed by atoms with Crippen LogP contribution in [0, 0.1) is 5.92 Å². The number of carbonyl (C=O) groups excluding carboxylic acids is 1. The second-order valence-electron chi connectivity index (χ2n) is 7.43. The minimum Gasteiger partial charge on any atom is -0.352 e. The summed E-state index contributed by atoms with van der Waals surface area (Å²) in [5.74, 6) is 0.405. The van der Waals surface area contributed by atoms with Gasteiger partial charge in [0.1, 0.15) is 4.21 Å². The number of benzene rings is 1. The van der Waals surface area contributed by atoms with E-state index in [1.54, 1.807) is 11.4 Å². The average molecular weight is 461 g/mol. The third-order valence-electron chi connectivity index (χ3n) is 5.26. The van der Waals surface area contributed by atoms with E-state index in [1.165, 1.54) is 4.31 Å². The smallest absolute Gasteiger partial charge is 0.252 e. The molecule has 31 heavy (non-hydrogen) atoms. The molecule has 4 rings (SSSR count). The molecule has 3 heterocycles. The van der Waals surface area contributed by atoms with Crippen LogP contribution in [0.4, 0.5) is 0 Å². The normalized spacial score (nSPS) is 17.5. The Labute approximate surface area is 185 Å². The quantitative estimate of drug-likeness (QED) is 0.581. The number of carbonyl (C=O) groups is 1. The highest BCUT2D eigenvalue weighted by Gasteiger charge is 2.34. The molecule has 1 atom stereocenters. The number of nitrogens with zero attached hydrogens (tertiary/aromatic N) is 3. The van der Waals surface area contributed by atoms with E-state index >= 15 is 0 Å². The van der Waals surface area contributed by atoms with Crippen LogP contribution in [0.5, 0.6) is 0 Å². The van der Waals surface area contributed by atoms with Gasteiger partial charge in [-0.2, -0.15) is 9.29 Å². The molecule has 1 N–H and O–H groups in total. The van der Waals surface area contributed by atoms with E-state index < -0.39 is 10.0 Å². The van der Waals surface area contributed by atoms with Crippen molar-refractivity contribution in [2.45, 2.75) is 36.9 Å². The third kappa shape index (κ3) is 4.86. The number of amides is 1. The van der Waals surface area contributed by atoms with Gasteiger partial charge >= 0.3 is 0 Å². The monoisotopic (exact) mass is 460 g/mol. The van der Waals surface area contributed by atoms with Crippen LogP contribution < -0.4 is 5.32 Å². The van der Waals surface area contributed by atoms with Gasteiger partial charge in [0.25, 0.3) is 10.0 Å². The van der Waals surface area contributed by atoms with Gasteiger partial charge in [-0.15, -0.1) is 11.3 Å². The molecule has 1 aliphatic rings. The second-order valence-corrected chi connectivity index (χ2v) is 10.5. The Hall–Kier alpha value is -2.56. The Balaban J connectivity index is 1.43. The topological polar surface area (TPSA) is 105 Å². The molecule has 164 valence electrons. The number of piperidine rings is 1. The maximum atomic E-state index is 13.2. The van der Waals surface area contributed by atoms with Crippen molar-refractivity contribution in [1.29, 1.82) is 0 Å². The van der Waals surface area contributed by atoms with Gasteiger partial charge in [-0.05, 0) is 24.5 Å². The average Bonchev–Trinajstić information content (AvgIpc) is 3.48. The van der Waals surface area contributed by atoms with E-state index in [0.717, 1.165) is 16.9 Å². The predicted molar refractivity (Wildman–Crippen MR) is 117 cm³/mol. The molecular formula is C21H24N4O4S2. The second kappa shape index (κ2) is 9.29. The van der Waals surface area contributed by atoms with E-state index in [2.05, 4.69) is 15.5 Å². The molecule has 1 aromatic carbocycles. The Morgan fingerprint density at radius 1 is 1.32 bits per heavy atom. The lowest BCUT2D eigenvalue weighted by Gasteiger charge is -2.30. The van der Waals surface area contributed by atoms with E-state index in [0.29, 0.717) is 49.6 Å². The van der Waals surface area contributed by atoms with Gasteiger partial charge in [-0.3, -0.25) is 4.79 Å². The van der Waals surface area contributed by atoms with Crippen molar-refractivity contribution >= 4 is 27.3 Å². The number of thiophene rings is 1. The van der Waals surface area contributed by atoms with Crippen molar-refractivity contribution in [1.82, 2.24) is 19.8 Å². The number of hydrogen-bond donors (Lipinski definition) is 1. The van der Waals surface area contributed by atoms with Crippen molar-refractivity contribution in [3.63, 3.8) is 0 Å². The van der Waals surface area contributed by atoms with Crippen molar-refractivity contribution < 1.29 is 17.7 Å². The molecule has 1 fully saturated rings. The SMILES string of the molecule is CCc1nc(-c2csc(S(=O)(=O)N3CCC[C@@H](C(=O)NCc4ccccc4)C3)c2)no1. The lowest BCUT2D eigenvalue weighted by molar-refractivity contribution is -0.126. The maximum Gasteiger partial charge on any atom is 0.252 e. The molecule has 0 saturated carbocycles. The highest BCUT2D eigenvalue weighted by molar-refractivity contribution is 7.91. The zero-order valence-corrected chi connectivity index (χ0v) is 18.8. The fourth-order valence-corrected chi connectivity index (χ4v) is 6.35. The van der Waals surface area contributed by atoms with Crippen molar-refractivity contribution in [3.05, 3.63) is 53.2 Å². The molecule has 1 saturated heterocycles. The molecule has 3 aromatic rings. The van der Waals surface area contributed by atoms with Gasteiger partial charge in [-0.1, -0.05) is 42.4 Å². The van der Waals surface area contributed by atoms with Gasteiger partial charge < -0.3 is 9.84 Å². The molecular weight excluding hydrogens is 436 g/mol. The Morgan fingerprint density at radius 2 is 2.13 bits per heavy atom. The number of hydrogen-bond acceptors (Lipinski definition) is 7. The van der Waals surface area contributed by atoms with Crippen LogP contribution in [0.15, 0.2) is 50.5 Å². The molecule has 1 aliphatic heterocycles. The Morgan fingerprint density at radius 3 is 2.87 bits per heavy atom. The van der Waals surface area contributed by atoms with E-state index in [1.807, 2.05) is 37.3 Å². The highest BCUT2D eigenvalue weighted by Crippen LogP contribution is 2.31. The van der Waals surface area contributed by atoms with Gasteiger partial charge in [0, 0.05) is 37.0 Å². The zero-order chi connectivity index (χ0) is 21.8. The molecule has 0 aliphatic carbocycles. The molecule has 1 amide bonds. The summed E-state index contributed by atoms with van der Waals surface area (Å²) >= 11 is 1.13. The van der Waals surface area contributed by atoms with Crippen molar-refractivity contribution in [2.24, 2.45) is 5.92 Å². The van der Waals surface area contributed by atoms with Gasteiger partial charge in [0.2, 0.25) is 17.6 Å². The summed E-state index contributed by atoms with van der Waals surface area (Å²) in [4.78, 5) is 16.9. The maximum absolute atomic E-state index is 13.2. The summed E-state index contributed by atoms with van der Waals surface area (Å²) in [5, 5.41) is 8.55. The van der Waals surface area contributed by atoms with Crippen LogP contribution in [0.3, 0.4) is 0 Å². The summed E-state index contributed by atoms with van der Waals surface area (Å²) in [7, 11) is -3.70. The Kier molecular flexibility index (Phi) is 6.49. The summed E-state index contributed by atoms with van der Waals surface area (Å²) in [6.07, 6.45) is 1.93. The largest absolute Gasteiger partial charge is 0.352 e. The number of aromatic nitrogens is 2. The lowest BCUT2D eigenvalue weighted by Crippen LogP contribution is -2.45. The number of rotatable bonds is 7. The Bertz CT molecular complexity index is 1140. The highest BCUT2D eigenvalue weighted by atomic mass is 32.2. The van der Waals surface area contributed by atoms with Crippen LogP contribution in [0.1, 0.15) is 31.2 Å². The first-order valence-electron chi connectivity index (χ1n) is 10.2. The van der Waals surface area contributed by atoms with Gasteiger partial charge in [0.05, 0.1) is 5.92 Å². The lowest BCUT2D eigenvalue weighted by atomic mass is 9.99. The van der Waals surface area contributed by atoms with E-state index in [-0.39, 0.29) is 22.6 Å². The summed E-state index contributed by atoms with van der Waals surface area (Å²) in [6.45, 7) is 2.92. The summed E-state index contributed by atoms with van der Waals surface area (Å²) in [5.41, 5.74) is 1.62. The third-order valence-corrected chi connectivity index (χ3v) is 8.54. The number of nitrogens with one attached hydrogen (secondary N) is 1. The standard InChI is InChI=1S/C21H24N4O4S2/c1-2-18-23-20(24-29-18)17-11-19(30-14-17)31(27,28)25-10-6-9-16(13-25)21(26)22-12-15-7-4-3-5-8-15/h3-5,7-8,11,14,16H,2,6,9-10,12-13H2,1H3,(H,22,26)/t16-/m1/s1. The van der Waals surface area contributed by atoms with Gasteiger partial charge in [0.15, 0.2) is 0 Å². The molecule has 2 aromatic heterocycles. The van der Waals surface area contributed by atoms with Gasteiger partial charge in [-0.25, -0.2) is 8.42 Å². The summed E-state index contributed by atoms with van der Waals surface area (Å²) < 4.78 is 33.1. The van der Waals surface area contributed by atoms with Crippen LogP contribution in [-0.4, -0.2) is 41.9 Å². The first-order chi connectivity index (χ1) is 15.0. The molecule has 0 spiro atoms. The van der Waals surface area contributed by atoms with Crippen LogP contribution in [-0.2, 0) is 27.8 Å². The molecule has 0 unspecified atom stereocenters. The molecule has 0 bridgehead atoms. The fraction of sp³-hybridized carbons (Fsp3) is 0.381. The molecule has 10 heteroatoms. The molecule has 8 nitrogen and oxygen atoms in total. The summed E-state index contributed by atoms with van der Waals surface area (Å²) in [6, 6.07) is 11.2. The van der Waals surface area contributed by atoms with Crippen LogP contribution >= 0.6 is 11.3 Å². The first kappa shape index (κ1) is 21.7. The van der Waals surface area contributed by atoms with E-state index in [4.69, 9.17) is 4.52 Å². The minimum absolute atomic E-state index is 0.116. The first-order valence-corrected chi connectivity index (χ1v) is 12.5. The fourth-order valence-electron chi connectivity index (χ4n) is 3.52. The molecule has 0 radical (unpaired) electrons. The van der Waals surface area contributed by atoms with Crippen molar-refractivity contribution in [2.75, 3.05) is 13.1 Å². The van der Waals surface area contributed by atoms with E-state index in [9.17, 15) is 13.2 Å². The number of aryl methyl sites for hydroxylation is 1. The van der Waals surface area contributed by atoms with Crippen LogP contribution in [0.2, 0.25) is 0 Å². The zero-order valence-electron chi connectivity index (χ0n) is 17.2. The van der Waals surface area contributed by atoms with Crippen molar-refractivity contribution in [3.8, 4) is 11.4 Å². The predicted octanol–water partition coefficient (Wildman–Crippen LogP) is 3.08. The van der Waals surface area contributed by atoms with Crippen LogP contribution in [0.25, 0.3) is 11.4 Å². The number of sulfonamides is 1.